The van der Waals surface area contributed by atoms with E-state index in [0.717, 1.165) is 17.7 Å². The molecule has 0 aliphatic carbocycles. The number of halogens is 2. The fourth-order valence-electron chi connectivity index (χ4n) is 2.05. The molecule has 1 heterocycles. The summed E-state index contributed by atoms with van der Waals surface area (Å²) in [7, 11) is 0. The number of hydrogen-bond acceptors (Lipinski definition) is 4. The number of amides is 1. The molecule has 126 valence electrons. The molecule has 1 amide bonds. The number of nitrogens with zero attached hydrogens (tertiary/aromatic N) is 1. The van der Waals surface area contributed by atoms with Crippen LogP contribution in [0.5, 0.6) is 0 Å². The number of nitrogens with two attached hydrogens (primary N) is 1. The van der Waals surface area contributed by atoms with Gasteiger partial charge in [0.05, 0.1) is 18.1 Å². The van der Waals surface area contributed by atoms with Crippen LogP contribution in [0.15, 0.2) is 42.7 Å². The van der Waals surface area contributed by atoms with E-state index in [1.165, 1.54) is 5.32 Å². The minimum Gasteiger partial charge on any atom is -0.544 e. The first-order valence-electron chi connectivity index (χ1n) is 7.13. The first-order valence-corrected chi connectivity index (χ1v) is 7.13. The second-order valence-electron chi connectivity index (χ2n) is 5.10. The van der Waals surface area contributed by atoms with Gasteiger partial charge in [0, 0.05) is 24.0 Å². The summed E-state index contributed by atoms with van der Waals surface area (Å²) in [4.78, 5) is 26.9. The van der Waals surface area contributed by atoms with E-state index >= 15 is 0 Å². The summed E-state index contributed by atoms with van der Waals surface area (Å²) < 4.78 is 26.3. The van der Waals surface area contributed by atoms with Crippen LogP contribution in [0.3, 0.4) is 0 Å². The minimum atomic E-state index is -1.41. The molecule has 0 aliphatic heterocycles. The second kappa shape index (κ2) is 8.11. The van der Waals surface area contributed by atoms with E-state index in [1.807, 2.05) is 0 Å². The maximum absolute atomic E-state index is 13.5. The normalized spacial score (nSPS) is 11.8. The largest absolute Gasteiger partial charge is 0.544 e. The fraction of sp³-hybridized carbons (Fsp3) is 0.188. The maximum atomic E-state index is 13.5. The molecule has 0 unspecified atom stereocenters. The van der Waals surface area contributed by atoms with Gasteiger partial charge in [0.1, 0.15) is 24.2 Å². The van der Waals surface area contributed by atoms with Crippen LogP contribution in [0, 0.1) is 11.6 Å². The molecule has 0 bridgehead atoms. The van der Waals surface area contributed by atoms with E-state index in [4.69, 9.17) is 0 Å². The van der Waals surface area contributed by atoms with Crippen LogP contribution in [-0.4, -0.2) is 22.9 Å². The van der Waals surface area contributed by atoms with Crippen molar-refractivity contribution in [2.24, 2.45) is 0 Å². The lowest BCUT2D eigenvalue weighted by atomic mass is 10.1. The lowest BCUT2D eigenvalue weighted by Crippen LogP contribution is -2.92. The van der Waals surface area contributed by atoms with E-state index < -0.39 is 36.0 Å². The van der Waals surface area contributed by atoms with Crippen molar-refractivity contribution in [2.75, 3.05) is 5.32 Å². The number of carbonyl (C=O) groups is 2. The molecule has 2 aromatic rings. The summed E-state index contributed by atoms with van der Waals surface area (Å²) in [6.45, 7) is 0.296. The Kier molecular flexibility index (Phi) is 5.91. The summed E-state index contributed by atoms with van der Waals surface area (Å²) >= 11 is 0. The van der Waals surface area contributed by atoms with E-state index in [2.05, 4.69) is 10.3 Å². The Morgan fingerprint density at radius 3 is 2.71 bits per heavy atom. The summed E-state index contributed by atoms with van der Waals surface area (Å²) in [5.74, 6) is -3.83. The Morgan fingerprint density at radius 2 is 2.08 bits per heavy atom. The smallest absolute Gasteiger partial charge is 0.230 e. The van der Waals surface area contributed by atoms with Gasteiger partial charge in [-0.1, -0.05) is 6.07 Å². The average Bonchev–Trinajstić information content (AvgIpc) is 2.55. The molecule has 24 heavy (non-hydrogen) atoms. The highest BCUT2D eigenvalue weighted by Gasteiger charge is 2.19. The monoisotopic (exact) mass is 335 g/mol. The zero-order chi connectivity index (χ0) is 17.5. The van der Waals surface area contributed by atoms with Gasteiger partial charge < -0.3 is 20.5 Å². The number of aromatic nitrogens is 1. The molecule has 0 saturated heterocycles. The lowest BCUT2D eigenvalue weighted by molar-refractivity contribution is -0.697. The van der Waals surface area contributed by atoms with Crippen LogP contribution in [0.1, 0.15) is 12.0 Å². The number of benzene rings is 1. The Morgan fingerprint density at radius 1 is 1.29 bits per heavy atom. The summed E-state index contributed by atoms with van der Waals surface area (Å²) in [5, 5.41) is 14.8. The molecule has 1 aromatic carbocycles. The zero-order valence-corrected chi connectivity index (χ0v) is 12.5. The van der Waals surface area contributed by atoms with Gasteiger partial charge in [0.25, 0.3) is 0 Å². The Balaban J connectivity index is 1.94. The quantitative estimate of drug-likeness (QED) is 0.717. The molecule has 0 saturated carbocycles. The molecule has 0 aliphatic rings. The lowest BCUT2D eigenvalue weighted by Gasteiger charge is -2.16. The Labute approximate surface area is 136 Å². The number of carbonyl (C=O) groups excluding carboxylic acids is 2. The van der Waals surface area contributed by atoms with Crippen molar-refractivity contribution >= 4 is 17.6 Å². The van der Waals surface area contributed by atoms with Crippen molar-refractivity contribution in [3.8, 4) is 0 Å². The van der Waals surface area contributed by atoms with E-state index in [1.54, 1.807) is 24.5 Å². The number of pyridine rings is 1. The first-order chi connectivity index (χ1) is 11.5. The highest BCUT2D eigenvalue weighted by Crippen LogP contribution is 2.15. The zero-order valence-electron chi connectivity index (χ0n) is 12.5. The molecule has 2 rings (SSSR count). The number of carboxylic acids is 1. The van der Waals surface area contributed by atoms with Gasteiger partial charge >= 0.3 is 0 Å². The van der Waals surface area contributed by atoms with E-state index in [0.29, 0.717) is 12.6 Å². The van der Waals surface area contributed by atoms with Crippen molar-refractivity contribution in [1.82, 2.24) is 4.98 Å². The number of hydrogen-bond donors (Lipinski definition) is 2. The molecule has 1 aromatic heterocycles. The summed E-state index contributed by atoms with van der Waals surface area (Å²) in [6, 6.07) is 5.01. The number of anilines is 1. The molecule has 6 nitrogen and oxygen atoms in total. The molecule has 0 fully saturated rings. The highest BCUT2D eigenvalue weighted by atomic mass is 19.1. The minimum absolute atomic E-state index is 0.217. The average molecular weight is 335 g/mol. The highest BCUT2D eigenvalue weighted by molar-refractivity contribution is 5.93. The third-order valence-corrected chi connectivity index (χ3v) is 3.27. The summed E-state index contributed by atoms with van der Waals surface area (Å²) in [6.07, 6.45) is 2.75. The van der Waals surface area contributed by atoms with Gasteiger partial charge in [-0.2, -0.15) is 0 Å². The van der Waals surface area contributed by atoms with Crippen LogP contribution >= 0.6 is 0 Å². The van der Waals surface area contributed by atoms with Gasteiger partial charge in [0.2, 0.25) is 5.91 Å². The van der Waals surface area contributed by atoms with Gasteiger partial charge in [-0.3, -0.25) is 9.78 Å². The van der Waals surface area contributed by atoms with Crippen molar-refractivity contribution < 1.29 is 28.8 Å². The molecular formula is C16H15F2N3O3. The van der Waals surface area contributed by atoms with Crippen LogP contribution < -0.4 is 15.7 Å². The number of quaternary nitrogens is 1. The van der Waals surface area contributed by atoms with Crippen LogP contribution in [-0.2, 0) is 16.1 Å². The number of rotatable bonds is 7. The topological polar surface area (TPSA) is 98.7 Å². The molecule has 3 N–H and O–H groups in total. The Hall–Kier alpha value is -2.87. The number of carboxylic acid groups (broad SMARTS) is 1. The third kappa shape index (κ3) is 5.10. The third-order valence-electron chi connectivity index (χ3n) is 3.27. The number of aliphatic carboxylic acids is 1. The fourth-order valence-corrected chi connectivity index (χ4v) is 2.05. The molecule has 0 spiro atoms. The van der Waals surface area contributed by atoms with Crippen LogP contribution in [0.25, 0.3) is 0 Å². The van der Waals surface area contributed by atoms with Gasteiger partial charge in [-0.15, -0.1) is 0 Å². The SMILES string of the molecule is O=C(C[C@H]([NH2+]Cc1cccnc1)C(=O)[O-])Nc1ccc(F)cc1F. The predicted octanol–water partition coefficient (Wildman–Crippen LogP) is -0.429. The van der Waals surface area contributed by atoms with E-state index in [-0.39, 0.29) is 5.69 Å². The molecular weight excluding hydrogens is 320 g/mol. The Bertz CT molecular complexity index is 726. The first kappa shape index (κ1) is 17.5. The van der Waals surface area contributed by atoms with Gasteiger partial charge in [-0.25, -0.2) is 8.78 Å². The summed E-state index contributed by atoms with van der Waals surface area (Å²) in [5.41, 5.74) is 0.569. The maximum Gasteiger partial charge on any atom is 0.230 e. The van der Waals surface area contributed by atoms with Crippen molar-refractivity contribution in [3.05, 3.63) is 59.9 Å². The van der Waals surface area contributed by atoms with Crippen LogP contribution in [0.4, 0.5) is 14.5 Å². The molecule has 0 radical (unpaired) electrons. The van der Waals surface area contributed by atoms with Gasteiger partial charge in [-0.05, 0) is 18.2 Å². The molecule has 8 heteroatoms. The van der Waals surface area contributed by atoms with Crippen molar-refractivity contribution in [3.63, 3.8) is 0 Å². The predicted molar refractivity (Wildman–Crippen MR) is 78.3 cm³/mol. The standard InChI is InChI=1S/C16H15F2N3O3/c17-11-3-4-13(12(18)6-11)21-15(22)7-14(16(23)24)20-9-10-2-1-5-19-8-10/h1-6,8,14,20H,7,9H2,(H,21,22)(H,23,24)/t14-/m0/s1. The van der Waals surface area contributed by atoms with Crippen molar-refractivity contribution in [2.45, 2.75) is 19.0 Å². The molecule has 1 atom stereocenters. The van der Waals surface area contributed by atoms with Crippen molar-refractivity contribution in [1.29, 1.82) is 0 Å². The van der Waals surface area contributed by atoms with Gasteiger partial charge in [0.15, 0.2) is 0 Å². The van der Waals surface area contributed by atoms with Crippen LogP contribution in [0.2, 0.25) is 0 Å². The second-order valence-corrected chi connectivity index (χ2v) is 5.10. The number of nitrogens with one attached hydrogen (secondary N) is 1. The van der Waals surface area contributed by atoms with E-state index in [9.17, 15) is 23.5 Å².